The van der Waals surface area contributed by atoms with Gasteiger partial charge in [-0.3, -0.25) is 9.59 Å². The monoisotopic (exact) mass is 349 g/mol. The predicted molar refractivity (Wildman–Crippen MR) is 96.9 cm³/mol. The molecular formula is C19H31N3O3. The number of rotatable bonds is 9. The van der Waals surface area contributed by atoms with Crippen LogP contribution >= 0.6 is 0 Å². The van der Waals surface area contributed by atoms with Crippen LogP contribution in [0.4, 0.5) is 0 Å². The van der Waals surface area contributed by atoms with Crippen LogP contribution < -0.4 is 0 Å². The van der Waals surface area contributed by atoms with E-state index in [2.05, 4.69) is 0 Å². The molecule has 1 fully saturated rings. The number of ether oxygens (including phenoxy) is 1. The molecule has 0 aromatic carbocycles. The van der Waals surface area contributed by atoms with Gasteiger partial charge in [0.1, 0.15) is 0 Å². The third kappa shape index (κ3) is 5.08. The molecule has 0 radical (unpaired) electrons. The first-order valence-electron chi connectivity index (χ1n) is 9.11. The summed E-state index contributed by atoms with van der Waals surface area (Å²) >= 11 is 0. The maximum Gasteiger partial charge on any atom is 0.242 e. The molecular weight excluding hydrogens is 318 g/mol. The maximum atomic E-state index is 12.9. The first-order chi connectivity index (χ1) is 11.9. The van der Waals surface area contributed by atoms with Crippen LogP contribution in [-0.4, -0.2) is 59.0 Å². The Kier molecular flexibility index (Phi) is 7.05. The van der Waals surface area contributed by atoms with E-state index in [-0.39, 0.29) is 30.3 Å². The molecule has 140 valence electrons. The number of hydrogen-bond donors (Lipinski definition) is 0. The van der Waals surface area contributed by atoms with Gasteiger partial charge >= 0.3 is 0 Å². The van der Waals surface area contributed by atoms with Gasteiger partial charge in [-0.1, -0.05) is 6.42 Å². The normalized spacial score (nSPS) is 14.4. The molecule has 1 aliphatic carbocycles. The molecule has 0 bridgehead atoms. The summed E-state index contributed by atoms with van der Waals surface area (Å²) in [6.07, 6.45) is 4.98. The molecule has 0 N–H and O–H groups in total. The summed E-state index contributed by atoms with van der Waals surface area (Å²) in [5, 5.41) is 0. The van der Waals surface area contributed by atoms with Crippen molar-refractivity contribution >= 4 is 11.8 Å². The largest absolute Gasteiger partial charge is 0.383 e. The van der Waals surface area contributed by atoms with Crippen molar-refractivity contribution in [2.45, 2.75) is 45.7 Å². The van der Waals surface area contributed by atoms with Crippen molar-refractivity contribution in [2.75, 3.05) is 26.8 Å². The van der Waals surface area contributed by atoms with Gasteiger partial charge in [0.05, 0.1) is 19.7 Å². The van der Waals surface area contributed by atoms with E-state index in [9.17, 15) is 9.59 Å². The molecule has 1 aliphatic rings. The van der Waals surface area contributed by atoms with Crippen LogP contribution in [0, 0.1) is 5.92 Å². The van der Waals surface area contributed by atoms with E-state index < -0.39 is 0 Å². The lowest BCUT2D eigenvalue weighted by Gasteiger charge is -2.35. The zero-order valence-electron chi connectivity index (χ0n) is 15.9. The minimum absolute atomic E-state index is 0.0244. The summed E-state index contributed by atoms with van der Waals surface area (Å²) in [5.74, 6) is 0.204. The maximum absolute atomic E-state index is 12.9. The minimum Gasteiger partial charge on any atom is -0.383 e. The van der Waals surface area contributed by atoms with Crippen LogP contribution in [0.3, 0.4) is 0 Å². The third-order valence-corrected chi connectivity index (χ3v) is 4.99. The highest BCUT2D eigenvalue weighted by Crippen LogP contribution is 2.28. The average molecular weight is 349 g/mol. The zero-order valence-corrected chi connectivity index (χ0v) is 15.9. The van der Waals surface area contributed by atoms with Gasteiger partial charge in [0.2, 0.25) is 11.8 Å². The lowest BCUT2D eigenvalue weighted by atomic mass is 9.84. The molecule has 25 heavy (non-hydrogen) atoms. The fourth-order valence-electron chi connectivity index (χ4n) is 3.00. The predicted octanol–water partition coefficient (Wildman–Crippen LogP) is 2.04. The number of aromatic nitrogens is 1. The number of hydrogen-bond acceptors (Lipinski definition) is 3. The van der Waals surface area contributed by atoms with E-state index in [1.165, 1.54) is 0 Å². The fraction of sp³-hybridized carbons (Fsp3) is 0.684. The number of aryl methyl sites for hydroxylation is 1. The van der Waals surface area contributed by atoms with Gasteiger partial charge in [0, 0.05) is 44.6 Å². The van der Waals surface area contributed by atoms with Crippen LogP contribution in [0.1, 0.15) is 38.8 Å². The third-order valence-electron chi connectivity index (χ3n) is 4.99. The van der Waals surface area contributed by atoms with Crippen LogP contribution in [0.15, 0.2) is 18.3 Å². The SMILES string of the molecule is COCCN(Cc1cccn1C)C(=O)CN(C(=O)C1CCC1)C(C)C. The molecule has 2 rings (SSSR count). The Balaban J connectivity index is 2.05. The first kappa shape index (κ1) is 19.5. The van der Waals surface area contributed by atoms with Crippen molar-refractivity contribution in [1.29, 1.82) is 0 Å². The van der Waals surface area contributed by atoms with Crippen molar-refractivity contribution in [2.24, 2.45) is 13.0 Å². The molecule has 0 atom stereocenters. The smallest absolute Gasteiger partial charge is 0.242 e. The second-order valence-electron chi connectivity index (χ2n) is 7.11. The Morgan fingerprint density at radius 3 is 2.56 bits per heavy atom. The van der Waals surface area contributed by atoms with E-state index in [0.717, 1.165) is 25.0 Å². The Labute approximate surface area is 150 Å². The summed E-state index contributed by atoms with van der Waals surface area (Å²) in [6.45, 7) is 5.61. The van der Waals surface area contributed by atoms with Crippen molar-refractivity contribution in [3.8, 4) is 0 Å². The molecule has 1 heterocycles. The molecule has 6 heteroatoms. The van der Waals surface area contributed by atoms with Crippen LogP contribution in [0.25, 0.3) is 0 Å². The van der Waals surface area contributed by atoms with Crippen LogP contribution in [-0.2, 0) is 27.9 Å². The first-order valence-corrected chi connectivity index (χ1v) is 9.11. The molecule has 1 saturated carbocycles. The van der Waals surface area contributed by atoms with Crippen LogP contribution in [0.2, 0.25) is 0 Å². The summed E-state index contributed by atoms with van der Waals surface area (Å²) in [4.78, 5) is 29.1. The fourth-order valence-corrected chi connectivity index (χ4v) is 3.00. The number of carbonyl (C=O) groups is 2. The van der Waals surface area contributed by atoms with Crippen molar-refractivity contribution in [3.63, 3.8) is 0 Å². The topological polar surface area (TPSA) is 54.8 Å². The molecule has 6 nitrogen and oxygen atoms in total. The molecule has 0 unspecified atom stereocenters. The standard InChI is InChI=1S/C19H31N3O3/c1-15(2)22(19(24)16-7-5-8-16)14-18(23)21(11-12-25-4)13-17-9-6-10-20(17)3/h6,9-10,15-16H,5,7-8,11-14H2,1-4H3. The summed E-state index contributed by atoms with van der Waals surface area (Å²) < 4.78 is 7.16. The molecule has 1 aromatic rings. The summed E-state index contributed by atoms with van der Waals surface area (Å²) in [7, 11) is 3.60. The Bertz CT molecular complexity index is 578. The second kappa shape index (κ2) is 9.04. The number of nitrogens with zero attached hydrogens (tertiary/aromatic N) is 3. The van der Waals surface area contributed by atoms with Gasteiger partial charge in [0.15, 0.2) is 0 Å². The van der Waals surface area contributed by atoms with E-state index in [4.69, 9.17) is 4.74 Å². The van der Waals surface area contributed by atoms with Gasteiger partial charge in [0.25, 0.3) is 0 Å². The summed E-state index contributed by atoms with van der Waals surface area (Å²) in [6, 6.07) is 4.00. The number of methoxy groups -OCH3 is 1. The molecule has 1 aromatic heterocycles. The lowest BCUT2D eigenvalue weighted by molar-refractivity contribution is -0.146. The van der Waals surface area contributed by atoms with Crippen molar-refractivity contribution < 1.29 is 14.3 Å². The average Bonchev–Trinajstić information content (AvgIpc) is 2.91. The highest BCUT2D eigenvalue weighted by molar-refractivity contribution is 5.86. The quantitative estimate of drug-likeness (QED) is 0.685. The molecule has 2 amide bonds. The van der Waals surface area contributed by atoms with E-state index in [1.54, 1.807) is 16.9 Å². The number of carbonyl (C=O) groups excluding carboxylic acids is 2. The molecule has 0 aliphatic heterocycles. The van der Waals surface area contributed by atoms with Gasteiger partial charge in [-0.05, 0) is 38.8 Å². The van der Waals surface area contributed by atoms with E-state index in [1.807, 2.05) is 43.8 Å². The van der Waals surface area contributed by atoms with Gasteiger partial charge in [-0.2, -0.15) is 0 Å². The zero-order chi connectivity index (χ0) is 18.4. The Morgan fingerprint density at radius 2 is 2.08 bits per heavy atom. The van der Waals surface area contributed by atoms with Crippen molar-refractivity contribution in [1.82, 2.24) is 14.4 Å². The molecule has 0 saturated heterocycles. The van der Waals surface area contributed by atoms with Gasteiger partial charge in [-0.15, -0.1) is 0 Å². The lowest BCUT2D eigenvalue weighted by Crippen LogP contribution is -2.49. The highest BCUT2D eigenvalue weighted by Gasteiger charge is 2.32. The van der Waals surface area contributed by atoms with Gasteiger partial charge < -0.3 is 19.1 Å². The van der Waals surface area contributed by atoms with Gasteiger partial charge in [-0.25, -0.2) is 0 Å². The second-order valence-corrected chi connectivity index (χ2v) is 7.11. The Morgan fingerprint density at radius 1 is 1.36 bits per heavy atom. The summed E-state index contributed by atoms with van der Waals surface area (Å²) in [5.41, 5.74) is 1.06. The van der Waals surface area contributed by atoms with Crippen LogP contribution in [0.5, 0.6) is 0 Å². The van der Waals surface area contributed by atoms with E-state index in [0.29, 0.717) is 19.7 Å². The molecule has 0 spiro atoms. The highest BCUT2D eigenvalue weighted by atomic mass is 16.5. The minimum atomic E-state index is -0.0281. The number of amides is 2. The van der Waals surface area contributed by atoms with E-state index >= 15 is 0 Å². The Hall–Kier alpha value is -1.82. The van der Waals surface area contributed by atoms with Crippen molar-refractivity contribution in [3.05, 3.63) is 24.0 Å².